The first-order valence-corrected chi connectivity index (χ1v) is 7.96. The van der Waals surface area contributed by atoms with Crippen LogP contribution in [0.3, 0.4) is 0 Å². The number of nitrogens with one attached hydrogen (secondary N) is 1. The molecule has 1 atom stereocenters. The van der Waals surface area contributed by atoms with Gasteiger partial charge < -0.3 is 10.1 Å². The largest absolute Gasteiger partial charge is 0.468 e. The van der Waals surface area contributed by atoms with Crippen molar-refractivity contribution in [2.75, 3.05) is 23.9 Å². The Labute approximate surface area is 141 Å². The third-order valence-electron chi connectivity index (χ3n) is 4.18. The predicted octanol–water partition coefficient (Wildman–Crippen LogP) is 2.62. The minimum absolute atomic E-state index is 0.0840. The van der Waals surface area contributed by atoms with Gasteiger partial charge in [-0.1, -0.05) is 36.4 Å². The topological polar surface area (TPSA) is 58.6 Å². The lowest BCUT2D eigenvalue weighted by molar-refractivity contribution is -0.140. The highest BCUT2D eigenvalue weighted by Crippen LogP contribution is 2.28. The van der Waals surface area contributed by atoms with E-state index in [-0.39, 0.29) is 18.5 Å². The molecule has 0 saturated carbocycles. The van der Waals surface area contributed by atoms with Crippen LogP contribution in [-0.4, -0.2) is 31.6 Å². The summed E-state index contributed by atoms with van der Waals surface area (Å²) >= 11 is 0. The average molecular weight is 324 g/mol. The highest BCUT2D eigenvalue weighted by atomic mass is 16.5. The molecular weight excluding hydrogens is 304 g/mol. The fraction of sp³-hybridized carbons (Fsp3) is 0.263. The van der Waals surface area contributed by atoms with Crippen LogP contribution in [0.25, 0.3) is 0 Å². The normalized spacial score (nSPS) is 17.0. The molecule has 0 fully saturated rings. The molecular formula is C19H20N2O3. The molecule has 0 aromatic heterocycles. The number of anilines is 2. The summed E-state index contributed by atoms with van der Waals surface area (Å²) in [6.07, 6.45) is 1.44. The van der Waals surface area contributed by atoms with Gasteiger partial charge in [0.15, 0.2) is 0 Å². The van der Waals surface area contributed by atoms with Gasteiger partial charge in [-0.2, -0.15) is 0 Å². The highest BCUT2D eigenvalue weighted by Gasteiger charge is 2.31. The number of rotatable bonds is 4. The molecule has 1 aliphatic rings. The Balaban J connectivity index is 1.90. The van der Waals surface area contributed by atoms with E-state index in [2.05, 4.69) is 5.32 Å². The van der Waals surface area contributed by atoms with Crippen molar-refractivity contribution < 1.29 is 14.3 Å². The van der Waals surface area contributed by atoms with E-state index in [4.69, 9.17) is 4.74 Å². The number of para-hydroxylation sites is 2. The minimum atomic E-state index is -0.432. The van der Waals surface area contributed by atoms with Gasteiger partial charge in [-0.05, 0) is 36.6 Å². The number of hydrogen-bond acceptors (Lipinski definition) is 4. The van der Waals surface area contributed by atoms with Crippen molar-refractivity contribution in [1.29, 1.82) is 0 Å². The van der Waals surface area contributed by atoms with Crippen molar-refractivity contribution in [3.05, 3.63) is 60.2 Å². The Morgan fingerprint density at radius 2 is 1.88 bits per heavy atom. The van der Waals surface area contributed by atoms with Crippen LogP contribution in [-0.2, 0) is 20.7 Å². The molecule has 0 radical (unpaired) electrons. The van der Waals surface area contributed by atoms with E-state index in [0.717, 1.165) is 23.4 Å². The standard InChI is InChI=1S/C19H20N2O3/c1-24-18(22)13-21-17-10-6-5-7-14(17)11-12-16(19(21)23)20-15-8-3-2-4-9-15/h2-10,16,20H,11-13H2,1H3. The average Bonchev–Trinajstić information content (AvgIpc) is 2.75. The van der Waals surface area contributed by atoms with Crippen molar-refractivity contribution in [3.8, 4) is 0 Å². The zero-order valence-corrected chi connectivity index (χ0v) is 13.6. The number of benzene rings is 2. The van der Waals surface area contributed by atoms with E-state index >= 15 is 0 Å². The number of esters is 1. The fourth-order valence-corrected chi connectivity index (χ4v) is 2.94. The second-order valence-electron chi connectivity index (χ2n) is 5.73. The first kappa shape index (κ1) is 16.1. The Kier molecular flexibility index (Phi) is 4.79. The van der Waals surface area contributed by atoms with Crippen LogP contribution in [0.4, 0.5) is 11.4 Å². The number of hydrogen-bond donors (Lipinski definition) is 1. The summed E-state index contributed by atoms with van der Waals surface area (Å²) < 4.78 is 4.76. The second kappa shape index (κ2) is 7.17. The Morgan fingerprint density at radius 3 is 2.62 bits per heavy atom. The number of nitrogens with zero attached hydrogens (tertiary/aromatic N) is 1. The molecule has 0 aliphatic carbocycles. The zero-order valence-electron chi connectivity index (χ0n) is 13.6. The van der Waals surface area contributed by atoms with Gasteiger partial charge in [0.2, 0.25) is 5.91 Å². The monoisotopic (exact) mass is 324 g/mol. The molecule has 0 bridgehead atoms. The lowest BCUT2D eigenvalue weighted by Gasteiger charge is -2.25. The second-order valence-corrected chi connectivity index (χ2v) is 5.73. The number of carbonyl (C=O) groups excluding carboxylic acids is 2. The number of methoxy groups -OCH3 is 1. The fourth-order valence-electron chi connectivity index (χ4n) is 2.94. The van der Waals surface area contributed by atoms with Crippen molar-refractivity contribution >= 4 is 23.3 Å². The first-order valence-electron chi connectivity index (χ1n) is 7.96. The Bertz CT molecular complexity index is 730. The van der Waals surface area contributed by atoms with E-state index in [9.17, 15) is 9.59 Å². The number of ether oxygens (including phenoxy) is 1. The summed E-state index contributed by atoms with van der Waals surface area (Å²) in [5.74, 6) is -0.548. The third-order valence-corrected chi connectivity index (χ3v) is 4.18. The molecule has 1 heterocycles. The molecule has 5 nitrogen and oxygen atoms in total. The summed E-state index contributed by atoms with van der Waals surface area (Å²) in [4.78, 5) is 26.3. The minimum Gasteiger partial charge on any atom is -0.468 e. The number of amides is 1. The van der Waals surface area contributed by atoms with Gasteiger partial charge in [0.25, 0.3) is 0 Å². The lowest BCUT2D eigenvalue weighted by Crippen LogP contribution is -2.44. The van der Waals surface area contributed by atoms with E-state index < -0.39 is 5.97 Å². The van der Waals surface area contributed by atoms with Gasteiger partial charge in [0.05, 0.1) is 7.11 Å². The van der Waals surface area contributed by atoms with Gasteiger partial charge in [-0.3, -0.25) is 14.5 Å². The molecule has 24 heavy (non-hydrogen) atoms. The Morgan fingerprint density at radius 1 is 1.17 bits per heavy atom. The van der Waals surface area contributed by atoms with Crippen molar-refractivity contribution in [2.24, 2.45) is 0 Å². The number of aryl methyl sites for hydroxylation is 1. The maximum Gasteiger partial charge on any atom is 0.325 e. The molecule has 3 rings (SSSR count). The smallest absolute Gasteiger partial charge is 0.325 e. The van der Waals surface area contributed by atoms with Crippen LogP contribution in [0.2, 0.25) is 0 Å². The maximum absolute atomic E-state index is 13.0. The van der Waals surface area contributed by atoms with Crippen LogP contribution in [0.15, 0.2) is 54.6 Å². The SMILES string of the molecule is COC(=O)CN1C(=O)C(Nc2ccccc2)CCc2ccccc21. The summed E-state index contributed by atoms with van der Waals surface area (Å²) in [7, 11) is 1.33. The third kappa shape index (κ3) is 3.40. The number of fused-ring (bicyclic) bond motifs is 1. The van der Waals surface area contributed by atoms with Gasteiger partial charge in [-0.25, -0.2) is 0 Å². The van der Waals surface area contributed by atoms with Crippen LogP contribution in [0.5, 0.6) is 0 Å². The predicted molar refractivity (Wildman–Crippen MR) is 93.0 cm³/mol. The van der Waals surface area contributed by atoms with Gasteiger partial charge in [-0.15, -0.1) is 0 Å². The molecule has 5 heteroatoms. The van der Waals surface area contributed by atoms with Gasteiger partial charge in [0.1, 0.15) is 12.6 Å². The van der Waals surface area contributed by atoms with Crippen LogP contribution < -0.4 is 10.2 Å². The van der Waals surface area contributed by atoms with Crippen LogP contribution >= 0.6 is 0 Å². The molecule has 2 aromatic rings. The van der Waals surface area contributed by atoms with Gasteiger partial charge in [0, 0.05) is 11.4 Å². The molecule has 1 N–H and O–H groups in total. The van der Waals surface area contributed by atoms with Crippen molar-refractivity contribution in [3.63, 3.8) is 0 Å². The zero-order chi connectivity index (χ0) is 16.9. The van der Waals surface area contributed by atoms with Crippen LogP contribution in [0, 0.1) is 0 Å². The first-order chi connectivity index (χ1) is 11.7. The van der Waals surface area contributed by atoms with Crippen molar-refractivity contribution in [2.45, 2.75) is 18.9 Å². The summed E-state index contributed by atoms with van der Waals surface area (Å²) in [5.41, 5.74) is 2.73. The highest BCUT2D eigenvalue weighted by molar-refractivity contribution is 6.03. The van der Waals surface area contributed by atoms with E-state index in [1.54, 1.807) is 0 Å². The van der Waals surface area contributed by atoms with E-state index in [1.807, 2.05) is 54.6 Å². The van der Waals surface area contributed by atoms with E-state index in [1.165, 1.54) is 12.0 Å². The molecule has 1 aliphatic heterocycles. The molecule has 0 saturated heterocycles. The lowest BCUT2D eigenvalue weighted by atomic mass is 10.1. The molecule has 2 aromatic carbocycles. The quantitative estimate of drug-likeness (QED) is 0.878. The summed E-state index contributed by atoms with van der Waals surface area (Å²) in [5, 5.41) is 3.28. The molecule has 124 valence electrons. The number of carbonyl (C=O) groups is 2. The van der Waals surface area contributed by atoms with Crippen molar-refractivity contribution in [1.82, 2.24) is 0 Å². The van der Waals surface area contributed by atoms with Gasteiger partial charge >= 0.3 is 5.97 Å². The summed E-state index contributed by atoms with van der Waals surface area (Å²) in [6, 6.07) is 16.9. The van der Waals surface area contributed by atoms with Crippen LogP contribution in [0.1, 0.15) is 12.0 Å². The summed E-state index contributed by atoms with van der Waals surface area (Å²) in [6.45, 7) is -0.0840. The molecule has 0 spiro atoms. The Hall–Kier alpha value is -2.82. The molecule has 1 amide bonds. The molecule has 1 unspecified atom stereocenters. The van der Waals surface area contributed by atoms with E-state index in [0.29, 0.717) is 6.42 Å². The maximum atomic E-state index is 13.0.